The number of carbonyl (C=O) groups excluding carboxylic acids is 1. The van der Waals surface area contributed by atoms with Crippen LogP contribution in [0, 0.1) is 6.92 Å². The van der Waals surface area contributed by atoms with Gasteiger partial charge in [-0.3, -0.25) is 4.79 Å². The number of aryl methyl sites for hydroxylation is 1. The predicted octanol–water partition coefficient (Wildman–Crippen LogP) is 4.24. The zero-order valence-corrected chi connectivity index (χ0v) is 16.3. The first-order chi connectivity index (χ1) is 14.1. The van der Waals surface area contributed by atoms with E-state index in [2.05, 4.69) is 10.2 Å². The van der Waals surface area contributed by atoms with Crippen LogP contribution in [0.15, 0.2) is 71.1 Å². The molecule has 1 heterocycles. The fraction of sp³-hybridized carbons (Fsp3) is 0.174. The van der Waals surface area contributed by atoms with Crippen molar-refractivity contribution in [1.29, 1.82) is 0 Å². The Morgan fingerprint density at radius 2 is 1.76 bits per heavy atom. The van der Waals surface area contributed by atoms with Crippen LogP contribution in [0.4, 0.5) is 0 Å². The number of ether oxygens (including phenoxy) is 1. The molecule has 0 spiro atoms. The van der Waals surface area contributed by atoms with Gasteiger partial charge in [0, 0.05) is 12.6 Å². The summed E-state index contributed by atoms with van der Waals surface area (Å²) in [6, 6.07) is 21.6. The molecular weight excluding hydrogens is 366 g/mol. The molecule has 4 rings (SSSR count). The Labute approximate surface area is 168 Å². The van der Waals surface area contributed by atoms with Gasteiger partial charge in [-0.25, -0.2) is 0 Å². The van der Waals surface area contributed by atoms with Crippen LogP contribution in [0.25, 0.3) is 22.2 Å². The fourth-order valence-corrected chi connectivity index (χ4v) is 2.93. The molecule has 0 N–H and O–H groups in total. The third kappa shape index (κ3) is 4.43. The predicted molar refractivity (Wildman–Crippen MR) is 110 cm³/mol. The number of rotatable bonds is 6. The molecule has 0 radical (unpaired) electrons. The van der Waals surface area contributed by atoms with Crippen LogP contribution in [0.1, 0.15) is 11.5 Å². The lowest BCUT2D eigenvalue weighted by atomic mass is 10.1. The standard InChI is InChI=1S/C23H21N3O3/c1-16-7-9-18(10-8-16)23-25-24-21(29-23)14-26(2)22(27)15-28-20-12-11-17-5-3-4-6-19(17)13-20/h3-13H,14-15H2,1-2H3. The quantitative estimate of drug-likeness (QED) is 0.495. The highest BCUT2D eigenvalue weighted by Gasteiger charge is 2.15. The third-order valence-electron chi connectivity index (χ3n) is 4.65. The second kappa shape index (κ2) is 8.14. The number of carbonyl (C=O) groups is 1. The largest absolute Gasteiger partial charge is 0.484 e. The van der Waals surface area contributed by atoms with Gasteiger partial charge in [0.05, 0.1) is 6.54 Å². The number of nitrogens with zero attached hydrogens (tertiary/aromatic N) is 3. The Bertz CT molecular complexity index is 1140. The molecule has 3 aromatic carbocycles. The maximum Gasteiger partial charge on any atom is 0.260 e. The monoisotopic (exact) mass is 387 g/mol. The Balaban J connectivity index is 1.35. The van der Waals surface area contributed by atoms with E-state index >= 15 is 0 Å². The summed E-state index contributed by atoms with van der Waals surface area (Å²) in [4.78, 5) is 13.9. The molecule has 6 heteroatoms. The summed E-state index contributed by atoms with van der Waals surface area (Å²) in [5.41, 5.74) is 2.01. The maximum atomic E-state index is 12.4. The summed E-state index contributed by atoms with van der Waals surface area (Å²) in [5.74, 6) is 1.30. The summed E-state index contributed by atoms with van der Waals surface area (Å²) < 4.78 is 11.3. The first kappa shape index (κ1) is 18.7. The summed E-state index contributed by atoms with van der Waals surface area (Å²) in [6.45, 7) is 2.18. The van der Waals surface area contributed by atoms with Gasteiger partial charge in [-0.05, 0) is 42.0 Å². The number of likely N-dealkylation sites (N-methyl/N-ethyl adjacent to an activating group) is 1. The molecule has 0 aliphatic rings. The summed E-state index contributed by atoms with van der Waals surface area (Å²) >= 11 is 0. The minimum Gasteiger partial charge on any atom is -0.484 e. The van der Waals surface area contributed by atoms with Crippen molar-refractivity contribution in [3.8, 4) is 17.2 Å². The van der Waals surface area contributed by atoms with Crippen molar-refractivity contribution in [2.24, 2.45) is 0 Å². The molecule has 0 bridgehead atoms. The lowest BCUT2D eigenvalue weighted by Crippen LogP contribution is -2.31. The Morgan fingerprint density at radius 3 is 2.55 bits per heavy atom. The van der Waals surface area contributed by atoms with Gasteiger partial charge in [-0.2, -0.15) is 0 Å². The molecular formula is C23H21N3O3. The molecule has 0 unspecified atom stereocenters. The first-order valence-corrected chi connectivity index (χ1v) is 9.33. The Hall–Kier alpha value is -3.67. The van der Waals surface area contributed by atoms with Gasteiger partial charge in [0.2, 0.25) is 11.8 Å². The van der Waals surface area contributed by atoms with E-state index in [1.165, 1.54) is 4.90 Å². The molecule has 0 saturated heterocycles. The smallest absolute Gasteiger partial charge is 0.260 e. The van der Waals surface area contributed by atoms with Crippen molar-refractivity contribution in [2.75, 3.05) is 13.7 Å². The van der Waals surface area contributed by atoms with E-state index in [9.17, 15) is 4.79 Å². The summed E-state index contributed by atoms with van der Waals surface area (Å²) in [6.07, 6.45) is 0. The topological polar surface area (TPSA) is 68.5 Å². The number of benzene rings is 3. The molecule has 0 fully saturated rings. The SMILES string of the molecule is Cc1ccc(-c2nnc(CN(C)C(=O)COc3ccc4ccccc4c3)o2)cc1. The van der Waals surface area contributed by atoms with Crippen molar-refractivity contribution < 1.29 is 13.9 Å². The highest BCUT2D eigenvalue weighted by atomic mass is 16.5. The van der Waals surface area contributed by atoms with Gasteiger partial charge < -0.3 is 14.1 Å². The van der Waals surface area contributed by atoms with Crippen LogP contribution in [-0.4, -0.2) is 34.7 Å². The van der Waals surface area contributed by atoms with Gasteiger partial charge in [0.1, 0.15) is 5.75 Å². The van der Waals surface area contributed by atoms with E-state index in [-0.39, 0.29) is 19.1 Å². The van der Waals surface area contributed by atoms with Crippen molar-refractivity contribution >= 4 is 16.7 Å². The van der Waals surface area contributed by atoms with Crippen LogP contribution in [0.2, 0.25) is 0 Å². The van der Waals surface area contributed by atoms with Gasteiger partial charge in [-0.15, -0.1) is 10.2 Å². The lowest BCUT2D eigenvalue weighted by molar-refractivity contribution is -0.132. The van der Waals surface area contributed by atoms with Crippen LogP contribution in [-0.2, 0) is 11.3 Å². The number of fused-ring (bicyclic) bond motifs is 1. The van der Waals surface area contributed by atoms with Crippen molar-refractivity contribution in [3.05, 3.63) is 78.2 Å². The highest BCUT2D eigenvalue weighted by molar-refractivity contribution is 5.84. The molecule has 6 nitrogen and oxygen atoms in total. The van der Waals surface area contributed by atoms with Crippen LogP contribution in [0.5, 0.6) is 5.75 Å². The van der Waals surface area contributed by atoms with Gasteiger partial charge in [0.25, 0.3) is 5.91 Å². The average molecular weight is 387 g/mol. The average Bonchev–Trinajstić information content (AvgIpc) is 3.20. The molecule has 1 amide bonds. The molecule has 4 aromatic rings. The summed E-state index contributed by atoms with van der Waals surface area (Å²) in [5, 5.41) is 10.3. The fourth-order valence-electron chi connectivity index (χ4n) is 2.93. The van der Waals surface area contributed by atoms with E-state index in [4.69, 9.17) is 9.15 Å². The van der Waals surface area contributed by atoms with Gasteiger partial charge in [-0.1, -0.05) is 48.0 Å². The second-order valence-corrected chi connectivity index (χ2v) is 6.91. The molecule has 146 valence electrons. The molecule has 0 atom stereocenters. The van der Waals surface area contributed by atoms with E-state index < -0.39 is 0 Å². The minimum absolute atomic E-state index is 0.0617. The zero-order valence-electron chi connectivity index (χ0n) is 16.3. The molecule has 0 aliphatic carbocycles. The third-order valence-corrected chi connectivity index (χ3v) is 4.65. The van der Waals surface area contributed by atoms with Crippen molar-refractivity contribution in [2.45, 2.75) is 13.5 Å². The second-order valence-electron chi connectivity index (χ2n) is 6.91. The Morgan fingerprint density at radius 1 is 1.00 bits per heavy atom. The lowest BCUT2D eigenvalue weighted by Gasteiger charge is -2.15. The number of hydrogen-bond donors (Lipinski definition) is 0. The van der Waals surface area contributed by atoms with Gasteiger partial charge in [0.15, 0.2) is 6.61 Å². The Kier molecular flexibility index (Phi) is 5.24. The van der Waals surface area contributed by atoms with E-state index in [0.717, 1.165) is 21.9 Å². The minimum atomic E-state index is -0.173. The molecule has 1 aromatic heterocycles. The van der Waals surface area contributed by atoms with Gasteiger partial charge >= 0.3 is 0 Å². The maximum absolute atomic E-state index is 12.4. The number of hydrogen-bond acceptors (Lipinski definition) is 5. The van der Waals surface area contributed by atoms with Crippen molar-refractivity contribution in [3.63, 3.8) is 0 Å². The molecule has 0 saturated carbocycles. The van der Waals surface area contributed by atoms with Crippen molar-refractivity contribution in [1.82, 2.24) is 15.1 Å². The number of aromatic nitrogens is 2. The van der Waals surface area contributed by atoms with Crippen LogP contribution < -0.4 is 4.74 Å². The first-order valence-electron chi connectivity index (χ1n) is 9.33. The van der Waals surface area contributed by atoms with E-state index in [1.54, 1.807) is 7.05 Å². The zero-order chi connectivity index (χ0) is 20.2. The van der Waals surface area contributed by atoms with Crippen LogP contribution >= 0.6 is 0 Å². The highest BCUT2D eigenvalue weighted by Crippen LogP contribution is 2.21. The summed E-state index contributed by atoms with van der Waals surface area (Å²) in [7, 11) is 1.68. The van der Waals surface area contributed by atoms with E-state index in [1.807, 2.05) is 73.7 Å². The number of amides is 1. The molecule has 29 heavy (non-hydrogen) atoms. The van der Waals surface area contributed by atoms with E-state index in [0.29, 0.717) is 17.5 Å². The normalized spacial score (nSPS) is 10.8. The van der Waals surface area contributed by atoms with Crippen LogP contribution in [0.3, 0.4) is 0 Å². The molecule has 0 aliphatic heterocycles.